The SMILES string of the molecule is O=C(C1C[C@@H]1c1ccc(Br)cc1)N1CCN(C2CCC2)CC1. The molecule has 2 saturated carbocycles. The normalized spacial score (nSPS) is 29.2. The summed E-state index contributed by atoms with van der Waals surface area (Å²) in [6, 6.07) is 9.26. The number of halogens is 1. The van der Waals surface area contributed by atoms with Crippen LogP contribution in [0.4, 0.5) is 0 Å². The summed E-state index contributed by atoms with van der Waals surface area (Å²) in [7, 11) is 0. The summed E-state index contributed by atoms with van der Waals surface area (Å²) in [6.07, 6.45) is 5.15. The summed E-state index contributed by atoms with van der Waals surface area (Å²) in [5, 5.41) is 0. The van der Waals surface area contributed by atoms with Gasteiger partial charge in [-0.15, -0.1) is 0 Å². The van der Waals surface area contributed by atoms with Gasteiger partial charge in [-0.1, -0.05) is 34.5 Å². The van der Waals surface area contributed by atoms with Gasteiger partial charge in [-0.25, -0.2) is 0 Å². The van der Waals surface area contributed by atoms with E-state index >= 15 is 0 Å². The van der Waals surface area contributed by atoms with E-state index in [0.717, 1.165) is 43.1 Å². The minimum atomic E-state index is 0.233. The van der Waals surface area contributed by atoms with E-state index in [1.807, 2.05) is 0 Å². The lowest BCUT2D eigenvalue weighted by atomic mass is 9.91. The van der Waals surface area contributed by atoms with Crippen LogP contribution in [0.2, 0.25) is 0 Å². The van der Waals surface area contributed by atoms with Crippen molar-refractivity contribution in [1.29, 1.82) is 0 Å². The highest BCUT2D eigenvalue weighted by atomic mass is 79.9. The molecule has 0 bridgehead atoms. The standard InChI is InChI=1S/C18H23BrN2O/c19-14-6-4-13(5-7-14)16-12-17(16)18(22)21-10-8-20(9-11-21)15-2-1-3-15/h4-7,15-17H,1-3,8-12H2/t16-,17?/m1/s1. The van der Waals surface area contributed by atoms with Gasteiger partial charge in [0.15, 0.2) is 0 Å². The molecule has 0 aromatic heterocycles. The van der Waals surface area contributed by atoms with Crippen LogP contribution in [0.3, 0.4) is 0 Å². The second kappa shape index (κ2) is 5.97. The molecule has 0 radical (unpaired) electrons. The largest absolute Gasteiger partial charge is 0.340 e. The van der Waals surface area contributed by atoms with E-state index in [4.69, 9.17) is 0 Å². The van der Waals surface area contributed by atoms with Gasteiger partial charge in [-0.05, 0) is 42.9 Å². The molecule has 1 unspecified atom stereocenters. The van der Waals surface area contributed by atoms with E-state index in [1.54, 1.807) is 0 Å². The molecule has 1 aromatic carbocycles. The molecular weight excluding hydrogens is 340 g/mol. The van der Waals surface area contributed by atoms with E-state index in [-0.39, 0.29) is 5.92 Å². The zero-order chi connectivity index (χ0) is 15.1. The van der Waals surface area contributed by atoms with Crippen molar-refractivity contribution in [2.75, 3.05) is 26.2 Å². The monoisotopic (exact) mass is 362 g/mol. The van der Waals surface area contributed by atoms with Crippen LogP contribution in [0, 0.1) is 5.92 Å². The Labute approximate surface area is 140 Å². The van der Waals surface area contributed by atoms with Crippen molar-refractivity contribution < 1.29 is 4.79 Å². The number of amides is 1. The highest BCUT2D eigenvalue weighted by Crippen LogP contribution is 2.48. The Hall–Kier alpha value is -0.870. The summed E-state index contributed by atoms with van der Waals surface area (Å²) in [5.74, 6) is 1.07. The molecule has 3 nitrogen and oxygen atoms in total. The van der Waals surface area contributed by atoms with E-state index in [2.05, 4.69) is 50.0 Å². The van der Waals surface area contributed by atoms with Gasteiger partial charge < -0.3 is 4.90 Å². The van der Waals surface area contributed by atoms with Gasteiger partial charge >= 0.3 is 0 Å². The van der Waals surface area contributed by atoms with Crippen molar-refractivity contribution in [2.45, 2.75) is 37.6 Å². The molecule has 1 aliphatic heterocycles. The molecule has 2 aliphatic carbocycles. The maximum Gasteiger partial charge on any atom is 0.226 e. The van der Waals surface area contributed by atoms with Gasteiger partial charge in [0.2, 0.25) is 5.91 Å². The Kier molecular flexibility index (Phi) is 3.99. The number of carbonyl (C=O) groups excluding carboxylic acids is 1. The summed E-state index contributed by atoms with van der Waals surface area (Å²) in [4.78, 5) is 17.4. The van der Waals surface area contributed by atoms with E-state index in [1.165, 1.54) is 24.8 Å². The van der Waals surface area contributed by atoms with Crippen LogP contribution in [-0.2, 0) is 4.79 Å². The first-order valence-corrected chi connectivity index (χ1v) is 9.30. The minimum absolute atomic E-state index is 0.233. The maximum absolute atomic E-state index is 12.7. The summed E-state index contributed by atoms with van der Waals surface area (Å²) in [5.41, 5.74) is 1.31. The predicted octanol–water partition coefficient (Wildman–Crippen LogP) is 3.25. The van der Waals surface area contributed by atoms with Gasteiger partial charge in [-0.2, -0.15) is 0 Å². The van der Waals surface area contributed by atoms with Gasteiger partial charge in [0.1, 0.15) is 0 Å². The number of hydrogen-bond acceptors (Lipinski definition) is 2. The number of nitrogens with zero attached hydrogens (tertiary/aromatic N) is 2. The first kappa shape index (κ1) is 14.7. The van der Waals surface area contributed by atoms with Crippen LogP contribution in [0.1, 0.15) is 37.2 Å². The molecule has 118 valence electrons. The first-order valence-electron chi connectivity index (χ1n) is 8.50. The summed E-state index contributed by atoms with van der Waals surface area (Å²) in [6.45, 7) is 4.01. The highest BCUT2D eigenvalue weighted by Gasteiger charge is 2.46. The molecule has 0 spiro atoms. The fourth-order valence-corrected chi connectivity index (χ4v) is 4.10. The predicted molar refractivity (Wildman–Crippen MR) is 90.8 cm³/mol. The Morgan fingerprint density at radius 1 is 1.05 bits per heavy atom. The number of piperazine rings is 1. The number of rotatable bonds is 3. The van der Waals surface area contributed by atoms with Crippen molar-refractivity contribution in [1.82, 2.24) is 9.80 Å². The molecule has 3 aliphatic rings. The first-order chi connectivity index (χ1) is 10.7. The van der Waals surface area contributed by atoms with Crippen molar-refractivity contribution in [3.05, 3.63) is 34.3 Å². The van der Waals surface area contributed by atoms with E-state index in [0.29, 0.717) is 11.8 Å². The molecule has 1 saturated heterocycles. The van der Waals surface area contributed by atoms with Crippen molar-refractivity contribution >= 4 is 21.8 Å². The molecule has 1 amide bonds. The lowest BCUT2D eigenvalue weighted by Gasteiger charge is -2.43. The lowest BCUT2D eigenvalue weighted by molar-refractivity contribution is -0.135. The molecule has 2 atom stereocenters. The van der Waals surface area contributed by atoms with Gasteiger partial charge in [0.25, 0.3) is 0 Å². The zero-order valence-corrected chi connectivity index (χ0v) is 14.5. The Bertz CT molecular complexity index is 547. The molecule has 0 N–H and O–H groups in total. The fraction of sp³-hybridized carbons (Fsp3) is 0.611. The molecule has 1 aromatic rings. The molecular formula is C18H23BrN2O. The highest BCUT2D eigenvalue weighted by molar-refractivity contribution is 9.10. The third kappa shape index (κ3) is 2.83. The summed E-state index contributed by atoms with van der Waals surface area (Å²) >= 11 is 3.47. The van der Waals surface area contributed by atoms with Crippen LogP contribution in [0.5, 0.6) is 0 Å². The second-order valence-electron chi connectivity index (χ2n) is 6.95. The smallest absolute Gasteiger partial charge is 0.226 e. The number of hydrogen-bond donors (Lipinski definition) is 0. The maximum atomic E-state index is 12.7. The molecule has 3 fully saturated rings. The van der Waals surface area contributed by atoms with Crippen molar-refractivity contribution in [3.8, 4) is 0 Å². The number of benzene rings is 1. The molecule has 1 heterocycles. The van der Waals surface area contributed by atoms with Crippen molar-refractivity contribution in [2.24, 2.45) is 5.92 Å². The minimum Gasteiger partial charge on any atom is -0.340 e. The third-order valence-corrected chi connectivity index (χ3v) is 6.15. The Balaban J connectivity index is 1.31. The van der Waals surface area contributed by atoms with E-state index < -0.39 is 0 Å². The average Bonchev–Trinajstić information content (AvgIpc) is 3.27. The average molecular weight is 363 g/mol. The fourth-order valence-electron chi connectivity index (χ4n) is 3.84. The van der Waals surface area contributed by atoms with Gasteiger partial charge in [0, 0.05) is 42.6 Å². The lowest BCUT2D eigenvalue weighted by Crippen LogP contribution is -2.53. The van der Waals surface area contributed by atoms with Crippen molar-refractivity contribution in [3.63, 3.8) is 0 Å². The summed E-state index contributed by atoms with van der Waals surface area (Å²) < 4.78 is 1.10. The molecule has 4 heteroatoms. The second-order valence-corrected chi connectivity index (χ2v) is 7.86. The molecule has 22 heavy (non-hydrogen) atoms. The van der Waals surface area contributed by atoms with Crippen LogP contribution in [-0.4, -0.2) is 47.9 Å². The Morgan fingerprint density at radius 2 is 1.73 bits per heavy atom. The zero-order valence-electron chi connectivity index (χ0n) is 12.9. The van der Waals surface area contributed by atoms with Gasteiger partial charge in [-0.3, -0.25) is 9.69 Å². The molecule has 4 rings (SSSR count). The number of carbonyl (C=O) groups is 1. The van der Waals surface area contributed by atoms with Gasteiger partial charge in [0.05, 0.1) is 0 Å². The third-order valence-electron chi connectivity index (χ3n) is 5.62. The van der Waals surface area contributed by atoms with Crippen LogP contribution in [0.15, 0.2) is 28.7 Å². The van der Waals surface area contributed by atoms with E-state index in [9.17, 15) is 4.79 Å². The van der Waals surface area contributed by atoms with Crippen LogP contribution < -0.4 is 0 Å². The topological polar surface area (TPSA) is 23.6 Å². The van der Waals surface area contributed by atoms with Crippen LogP contribution in [0.25, 0.3) is 0 Å². The Morgan fingerprint density at radius 3 is 2.32 bits per heavy atom. The quantitative estimate of drug-likeness (QED) is 0.823. The van der Waals surface area contributed by atoms with Crippen LogP contribution >= 0.6 is 15.9 Å².